The molecule has 9 aromatic carbocycles. The summed E-state index contributed by atoms with van der Waals surface area (Å²) < 4.78 is 9.27. The summed E-state index contributed by atoms with van der Waals surface area (Å²) >= 11 is 0. The van der Waals surface area contributed by atoms with Crippen molar-refractivity contribution in [3.8, 4) is 39.4 Å². The number of nitrogens with zero attached hydrogens (tertiary/aromatic N) is 2. The van der Waals surface area contributed by atoms with Gasteiger partial charge in [-0.1, -0.05) is 152 Å². The summed E-state index contributed by atoms with van der Waals surface area (Å²) in [4.78, 5) is 2.41. The maximum Gasteiger partial charge on any atom is 0.132 e. The largest absolute Gasteiger partial charge is 0.457 e. The van der Waals surface area contributed by atoms with E-state index >= 15 is 0 Å². The van der Waals surface area contributed by atoms with Crippen molar-refractivity contribution in [2.45, 2.75) is 5.41 Å². The molecule has 10 aromatic rings. The Bertz CT molecular complexity index is 3200. The van der Waals surface area contributed by atoms with Crippen molar-refractivity contribution >= 4 is 38.9 Å². The third-order valence-corrected chi connectivity index (χ3v) is 12.2. The van der Waals surface area contributed by atoms with Crippen LogP contribution in [0, 0.1) is 0 Å². The van der Waals surface area contributed by atoms with E-state index in [1.54, 1.807) is 0 Å². The molecule has 3 heteroatoms. The Morgan fingerprint density at radius 1 is 0.362 bits per heavy atom. The van der Waals surface area contributed by atoms with E-state index in [1.165, 1.54) is 38.5 Å². The zero-order valence-electron chi connectivity index (χ0n) is 31.6. The monoisotopic (exact) mass is 740 g/mol. The SMILES string of the molecule is c1ccc(-c2ccc3c(c2)Oc2ccccc2C32c3ccccc3-c3ccc(N(c4ccccc4)c4ccc5c6ccccc6n(-c6ccccc6)c5c4)cc32)cc1. The molecule has 2 aliphatic rings. The van der Waals surface area contributed by atoms with Gasteiger partial charge in [-0.25, -0.2) is 0 Å². The summed E-state index contributed by atoms with van der Waals surface area (Å²) in [6.07, 6.45) is 0. The molecule has 1 spiro atoms. The first-order chi connectivity index (χ1) is 28.8. The first-order valence-electron chi connectivity index (χ1n) is 19.9. The third-order valence-electron chi connectivity index (χ3n) is 12.2. The highest BCUT2D eigenvalue weighted by molar-refractivity contribution is 6.10. The predicted octanol–water partition coefficient (Wildman–Crippen LogP) is 14.4. The molecule has 1 aromatic heterocycles. The highest BCUT2D eigenvalue weighted by Gasteiger charge is 2.51. The Labute approximate surface area is 337 Å². The Morgan fingerprint density at radius 3 is 1.83 bits per heavy atom. The fourth-order valence-corrected chi connectivity index (χ4v) is 9.82. The van der Waals surface area contributed by atoms with Crippen LogP contribution in [0.15, 0.2) is 218 Å². The fourth-order valence-electron chi connectivity index (χ4n) is 9.82. The molecule has 0 saturated carbocycles. The number of para-hydroxylation sites is 4. The molecule has 0 amide bonds. The van der Waals surface area contributed by atoms with E-state index in [2.05, 4.69) is 228 Å². The van der Waals surface area contributed by atoms with Gasteiger partial charge in [-0.15, -0.1) is 0 Å². The maximum absolute atomic E-state index is 6.87. The van der Waals surface area contributed by atoms with E-state index in [1.807, 2.05) is 0 Å². The predicted molar refractivity (Wildman–Crippen MR) is 238 cm³/mol. The summed E-state index contributed by atoms with van der Waals surface area (Å²) in [5.74, 6) is 1.76. The van der Waals surface area contributed by atoms with Crippen LogP contribution in [-0.2, 0) is 5.41 Å². The van der Waals surface area contributed by atoms with Gasteiger partial charge in [-0.05, 0) is 100 Å². The lowest BCUT2D eigenvalue weighted by molar-refractivity contribution is 0.436. The van der Waals surface area contributed by atoms with E-state index in [4.69, 9.17) is 4.74 Å². The number of aromatic nitrogens is 1. The zero-order valence-corrected chi connectivity index (χ0v) is 31.6. The average Bonchev–Trinajstić information content (AvgIpc) is 3.77. The van der Waals surface area contributed by atoms with E-state index in [9.17, 15) is 0 Å². The van der Waals surface area contributed by atoms with Crippen molar-refractivity contribution in [3.05, 3.63) is 241 Å². The average molecular weight is 741 g/mol. The zero-order chi connectivity index (χ0) is 38.2. The minimum atomic E-state index is -0.604. The van der Waals surface area contributed by atoms with Gasteiger partial charge >= 0.3 is 0 Å². The highest BCUT2D eigenvalue weighted by Crippen LogP contribution is 2.63. The van der Waals surface area contributed by atoms with Crippen molar-refractivity contribution in [1.29, 1.82) is 0 Å². The van der Waals surface area contributed by atoms with Crippen LogP contribution in [0.1, 0.15) is 22.3 Å². The second kappa shape index (κ2) is 12.7. The Balaban J connectivity index is 1.12. The summed E-state index contributed by atoms with van der Waals surface area (Å²) in [7, 11) is 0. The number of hydrogen-bond acceptors (Lipinski definition) is 2. The minimum Gasteiger partial charge on any atom is -0.457 e. The van der Waals surface area contributed by atoms with Gasteiger partial charge in [0.2, 0.25) is 0 Å². The number of ether oxygens (including phenoxy) is 1. The fraction of sp³-hybridized carbons (Fsp3) is 0.0182. The maximum atomic E-state index is 6.87. The van der Waals surface area contributed by atoms with Gasteiger partial charge in [0.05, 0.1) is 16.4 Å². The smallest absolute Gasteiger partial charge is 0.132 e. The molecule has 12 rings (SSSR count). The Morgan fingerprint density at radius 2 is 0.983 bits per heavy atom. The number of anilines is 3. The standard InChI is InChI=1S/C55H36N2O/c1-4-16-37(17-5-1)38-28-33-49-54(34-38)58-53-27-15-13-25-48(53)55(49)47-24-12-10-22-43(47)44-31-29-41(35-50(44)55)56(39-18-6-2-7-19-39)42-30-32-46-45-23-11-14-26-51(45)57(52(46)36-42)40-20-8-3-9-21-40/h1-36H. The topological polar surface area (TPSA) is 17.4 Å². The Kier molecular flexibility index (Phi) is 7.14. The second-order valence-corrected chi connectivity index (χ2v) is 15.3. The number of rotatable bonds is 5. The van der Waals surface area contributed by atoms with E-state index in [0.29, 0.717) is 0 Å². The van der Waals surface area contributed by atoms with Crippen molar-refractivity contribution in [3.63, 3.8) is 0 Å². The van der Waals surface area contributed by atoms with Crippen LogP contribution in [0.5, 0.6) is 11.5 Å². The summed E-state index contributed by atoms with van der Waals surface area (Å²) in [5, 5.41) is 2.47. The van der Waals surface area contributed by atoms with Gasteiger partial charge in [-0.2, -0.15) is 0 Å². The molecule has 1 aliphatic carbocycles. The van der Waals surface area contributed by atoms with Crippen molar-refractivity contribution in [2.24, 2.45) is 0 Å². The molecule has 1 atom stereocenters. The van der Waals surface area contributed by atoms with Gasteiger partial charge in [0.25, 0.3) is 0 Å². The van der Waals surface area contributed by atoms with Gasteiger partial charge in [-0.3, -0.25) is 0 Å². The molecule has 0 bridgehead atoms. The summed E-state index contributed by atoms with van der Waals surface area (Å²) in [6, 6.07) is 79.1. The first kappa shape index (κ1) is 32.6. The van der Waals surface area contributed by atoms with E-state index in [-0.39, 0.29) is 0 Å². The lowest BCUT2D eigenvalue weighted by atomic mass is 9.66. The minimum absolute atomic E-state index is 0.604. The lowest BCUT2D eigenvalue weighted by Gasteiger charge is -2.40. The molecule has 0 saturated heterocycles. The number of fused-ring (bicyclic) bond motifs is 12. The van der Waals surface area contributed by atoms with Gasteiger partial charge in [0.15, 0.2) is 0 Å². The summed E-state index contributed by atoms with van der Waals surface area (Å²) in [6.45, 7) is 0. The molecule has 0 N–H and O–H groups in total. The molecule has 1 unspecified atom stereocenters. The molecule has 0 radical (unpaired) electrons. The number of hydrogen-bond donors (Lipinski definition) is 0. The van der Waals surface area contributed by atoms with Crippen LogP contribution in [0.4, 0.5) is 17.1 Å². The molecular weight excluding hydrogens is 705 g/mol. The van der Waals surface area contributed by atoms with Crippen LogP contribution in [0.3, 0.4) is 0 Å². The van der Waals surface area contributed by atoms with Crippen LogP contribution in [-0.4, -0.2) is 4.57 Å². The van der Waals surface area contributed by atoms with E-state index < -0.39 is 5.41 Å². The van der Waals surface area contributed by atoms with Crippen LogP contribution in [0.25, 0.3) is 49.7 Å². The van der Waals surface area contributed by atoms with Crippen molar-refractivity contribution in [2.75, 3.05) is 4.90 Å². The van der Waals surface area contributed by atoms with Gasteiger partial charge < -0.3 is 14.2 Å². The van der Waals surface area contributed by atoms with Gasteiger partial charge in [0.1, 0.15) is 11.5 Å². The Hall–Kier alpha value is -7.62. The normalized spacial score (nSPS) is 14.8. The van der Waals surface area contributed by atoms with Crippen LogP contribution >= 0.6 is 0 Å². The van der Waals surface area contributed by atoms with Crippen molar-refractivity contribution in [1.82, 2.24) is 4.57 Å². The molecule has 2 heterocycles. The third kappa shape index (κ3) is 4.68. The van der Waals surface area contributed by atoms with Crippen LogP contribution in [0.2, 0.25) is 0 Å². The van der Waals surface area contributed by atoms with Crippen molar-refractivity contribution < 1.29 is 4.74 Å². The molecule has 1 aliphatic heterocycles. The first-order valence-corrected chi connectivity index (χ1v) is 19.9. The summed E-state index contributed by atoms with van der Waals surface area (Å²) in [5.41, 5.74) is 15.8. The molecule has 58 heavy (non-hydrogen) atoms. The highest BCUT2D eigenvalue weighted by atomic mass is 16.5. The lowest BCUT2D eigenvalue weighted by Crippen LogP contribution is -2.32. The second-order valence-electron chi connectivity index (χ2n) is 15.3. The molecule has 3 nitrogen and oxygen atoms in total. The van der Waals surface area contributed by atoms with Gasteiger partial charge in [0, 0.05) is 44.6 Å². The molecule has 0 fully saturated rings. The van der Waals surface area contributed by atoms with E-state index in [0.717, 1.165) is 62.0 Å². The molecule has 272 valence electrons. The van der Waals surface area contributed by atoms with Crippen LogP contribution < -0.4 is 9.64 Å². The molecular formula is C55H36N2O. The quantitative estimate of drug-likeness (QED) is 0.175. The number of benzene rings is 9.